The first-order valence-corrected chi connectivity index (χ1v) is 12.7. The van der Waals surface area contributed by atoms with Crippen LogP contribution in [0.5, 0.6) is 0 Å². The highest BCUT2D eigenvalue weighted by molar-refractivity contribution is 8.02. The molecule has 0 radical (unpaired) electrons. The summed E-state index contributed by atoms with van der Waals surface area (Å²) in [6.45, 7) is 3.46. The molecule has 2 heterocycles. The molecule has 1 amide bonds. The second-order valence-electron chi connectivity index (χ2n) is 7.05. The van der Waals surface area contributed by atoms with Gasteiger partial charge in [-0.1, -0.05) is 65.2 Å². The number of thioether (sulfide) groups is 1. The minimum absolute atomic E-state index is 0.0600. The third kappa shape index (κ3) is 6.46. The van der Waals surface area contributed by atoms with Gasteiger partial charge < -0.3 is 15.4 Å². The number of ether oxygens (including phenoxy) is 1. The van der Waals surface area contributed by atoms with Crippen LogP contribution in [0.25, 0.3) is 0 Å². The van der Waals surface area contributed by atoms with E-state index in [1.54, 1.807) is 11.8 Å². The number of rotatable bonds is 9. The summed E-state index contributed by atoms with van der Waals surface area (Å²) in [6.07, 6.45) is 2.44. The van der Waals surface area contributed by atoms with Crippen molar-refractivity contribution in [1.82, 2.24) is 10.2 Å². The number of hydrogen-bond acceptors (Lipinski definition) is 8. The summed E-state index contributed by atoms with van der Waals surface area (Å²) in [4.78, 5) is 14.9. The standard InChI is InChI=1S/C22H24N4O2S3/c1-15(29-22-26-25-21(31-22)23-14-16-8-7-13-28-16)20(27)24-18-11-5-6-12-19(18)30-17-9-3-2-4-10-17/h2-6,9-12,15-16H,7-8,13-14H2,1H3,(H,23,25)(H,24,27). The number of carbonyl (C=O) groups is 1. The highest BCUT2D eigenvalue weighted by atomic mass is 32.2. The fraction of sp³-hybridized carbons (Fsp3) is 0.318. The van der Waals surface area contributed by atoms with Gasteiger partial charge in [-0.2, -0.15) is 0 Å². The van der Waals surface area contributed by atoms with E-state index in [2.05, 4.69) is 33.0 Å². The number of para-hydroxylation sites is 1. The quantitative estimate of drug-likeness (QED) is 0.404. The van der Waals surface area contributed by atoms with Gasteiger partial charge in [0, 0.05) is 22.9 Å². The molecule has 1 aromatic heterocycles. The zero-order chi connectivity index (χ0) is 21.5. The van der Waals surface area contributed by atoms with Gasteiger partial charge in [0.1, 0.15) is 0 Å². The molecule has 1 saturated heterocycles. The van der Waals surface area contributed by atoms with Crippen LogP contribution in [0.15, 0.2) is 68.7 Å². The number of carbonyl (C=O) groups excluding carboxylic acids is 1. The zero-order valence-corrected chi connectivity index (χ0v) is 19.6. The Morgan fingerprint density at radius 3 is 2.81 bits per heavy atom. The molecule has 1 aliphatic rings. The lowest BCUT2D eigenvalue weighted by Gasteiger charge is -2.13. The summed E-state index contributed by atoms with van der Waals surface area (Å²) >= 11 is 4.51. The van der Waals surface area contributed by atoms with Crippen LogP contribution in [-0.4, -0.2) is 40.6 Å². The van der Waals surface area contributed by atoms with Crippen molar-refractivity contribution in [2.45, 2.75) is 45.2 Å². The molecule has 31 heavy (non-hydrogen) atoms. The molecule has 6 nitrogen and oxygen atoms in total. The van der Waals surface area contributed by atoms with Crippen LogP contribution in [0.3, 0.4) is 0 Å². The van der Waals surface area contributed by atoms with E-state index in [0.29, 0.717) is 0 Å². The van der Waals surface area contributed by atoms with Crippen LogP contribution >= 0.6 is 34.9 Å². The van der Waals surface area contributed by atoms with E-state index in [0.717, 1.165) is 50.9 Å². The van der Waals surface area contributed by atoms with E-state index in [1.807, 2.05) is 49.4 Å². The van der Waals surface area contributed by atoms with Crippen LogP contribution in [0, 0.1) is 0 Å². The van der Waals surface area contributed by atoms with Gasteiger partial charge >= 0.3 is 0 Å². The summed E-state index contributed by atoms with van der Waals surface area (Å²) in [5.41, 5.74) is 0.810. The first-order valence-electron chi connectivity index (χ1n) is 10.2. The van der Waals surface area contributed by atoms with Crippen molar-refractivity contribution in [2.75, 3.05) is 23.8 Å². The van der Waals surface area contributed by atoms with Crippen molar-refractivity contribution >= 4 is 51.6 Å². The molecule has 2 atom stereocenters. The fourth-order valence-electron chi connectivity index (χ4n) is 3.05. The summed E-state index contributed by atoms with van der Waals surface area (Å²) in [6, 6.07) is 18.0. The zero-order valence-electron chi connectivity index (χ0n) is 17.1. The average molecular weight is 473 g/mol. The Hall–Kier alpha value is -2.07. The molecule has 0 bridgehead atoms. The minimum atomic E-state index is -0.297. The number of anilines is 2. The van der Waals surface area contributed by atoms with Gasteiger partial charge in [0.2, 0.25) is 11.0 Å². The first-order chi connectivity index (χ1) is 15.2. The monoisotopic (exact) mass is 472 g/mol. The van der Waals surface area contributed by atoms with E-state index >= 15 is 0 Å². The lowest BCUT2D eigenvalue weighted by atomic mass is 10.2. The van der Waals surface area contributed by atoms with Crippen molar-refractivity contribution < 1.29 is 9.53 Å². The predicted octanol–water partition coefficient (Wildman–Crippen LogP) is 5.40. The molecule has 3 aromatic rings. The van der Waals surface area contributed by atoms with Gasteiger partial charge in [0.25, 0.3) is 0 Å². The number of nitrogens with one attached hydrogen (secondary N) is 2. The molecule has 2 N–H and O–H groups in total. The number of benzene rings is 2. The van der Waals surface area contributed by atoms with Crippen LogP contribution in [0.1, 0.15) is 19.8 Å². The third-order valence-electron chi connectivity index (χ3n) is 4.67. The second-order valence-corrected chi connectivity index (χ2v) is 10.7. The Bertz CT molecular complexity index is 993. The minimum Gasteiger partial charge on any atom is -0.376 e. The molecular formula is C22H24N4O2S3. The van der Waals surface area contributed by atoms with Gasteiger partial charge in [-0.05, 0) is 44.0 Å². The highest BCUT2D eigenvalue weighted by Crippen LogP contribution is 2.34. The Labute approximate surface area is 194 Å². The third-order valence-corrected chi connectivity index (χ3v) is 7.82. The number of amides is 1. The van der Waals surface area contributed by atoms with E-state index in [1.165, 1.54) is 23.1 Å². The largest absolute Gasteiger partial charge is 0.376 e. The van der Waals surface area contributed by atoms with Crippen LogP contribution in [0.4, 0.5) is 10.8 Å². The fourth-order valence-corrected chi connectivity index (χ4v) is 5.87. The van der Waals surface area contributed by atoms with E-state index < -0.39 is 0 Å². The molecule has 1 aliphatic heterocycles. The lowest BCUT2D eigenvalue weighted by molar-refractivity contribution is -0.115. The summed E-state index contributed by atoms with van der Waals surface area (Å²) < 4.78 is 6.38. The summed E-state index contributed by atoms with van der Waals surface area (Å²) in [5.74, 6) is -0.0600. The van der Waals surface area contributed by atoms with Gasteiger partial charge in [-0.3, -0.25) is 4.79 Å². The van der Waals surface area contributed by atoms with Gasteiger partial charge in [-0.25, -0.2) is 0 Å². The molecule has 4 rings (SSSR count). The Balaban J connectivity index is 1.32. The van der Waals surface area contributed by atoms with Crippen LogP contribution < -0.4 is 10.6 Å². The Kier molecular flexibility index (Phi) is 7.85. The van der Waals surface area contributed by atoms with Crippen molar-refractivity contribution in [3.05, 3.63) is 54.6 Å². The smallest absolute Gasteiger partial charge is 0.237 e. The van der Waals surface area contributed by atoms with Crippen molar-refractivity contribution in [1.29, 1.82) is 0 Å². The van der Waals surface area contributed by atoms with E-state index in [9.17, 15) is 4.79 Å². The maximum atomic E-state index is 12.8. The molecule has 9 heteroatoms. The van der Waals surface area contributed by atoms with Gasteiger partial charge in [0.05, 0.1) is 17.0 Å². The normalized spacial score (nSPS) is 16.7. The average Bonchev–Trinajstić information content (AvgIpc) is 3.46. The molecule has 2 unspecified atom stereocenters. The molecule has 0 spiro atoms. The lowest BCUT2D eigenvalue weighted by Crippen LogP contribution is -2.22. The molecule has 0 saturated carbocycles. The second kappa shape index (κ2) is 11.0. The maximum absolute atomic E-state index is 12.8. The SMILES string of the molecule is CC(Sc1nnc(NCC2CCCO2)s1)C(=O)Nc1ccccc1Sc1ccccc1. The Morgan fingerprint density at radius 2 is 2.00 bits per heavy atom. The van der Waals surface area contributed by atoms with Gasteiger partial charge in [-0.15, -0.1) is 10.2 Å². The number of hydrogen-bond donors (Lipinski definition) is 2. The number of aromatic nitrogens is 2. The predicted molar refractivity (Wildman–Crippen MR) is 128 cm³/mol. The van der Waals surface area contributed by atoms with Crippen molar-refractivity contribution in [3.63, 3.8) is 0 Å². The number of nitrogens with zero attached hydrogens (tertiary/aromatic N) is 2. The van der Waals surface area contributed by atoms with Crippen molar-refractivity contribution in [2.24, 2.45) is 0 Å². The van der Waals surface area contributed by atoms with Crippen LogP contribution in [-0.2, 0) is 9.53 Å². The topological polar surface area (TPSA) is 76.1 Å². The molecule has 1 fully saturated rings. The molecule has 162 valence electrons. The van der Waals surface area contributed by atoms with E-state index in [-0.39, 0.29) is 17.3 Å². The first kappa shape index (κ1) is 22.1. The van der Waals surface area contributed by atoms with E-state index in [4.69, 9.17) is 4.74 Å². The van der Waals surface area contributed by atoms with Crippen LogP contribution in [0.2, 0.25) is 0 Å². The maximum Gasteiger partial charge on any atom is 0.237 e. The molecular weight excluding hydrogens is 448 g/mol. The summed E-state index contributed by atoms with van der Waals surface area (Å²) in [5, 5.41) is 15.2. The Morgan fingerprint density at radius 1 is 1.19 bits per heavy atom. The summed E-state index contributed by atoms with van der Waals surface area (Å²) in [7, 11) is 0. The van der Waals surface area contributed by atoms with Crippen molar-refractivity contribution in [3.8, 4) is 0 Å². The molecule has 2 aromatic carbocycles. The molecule has 0 aliphatic carbocycles. The highest BCUT2D eigenvalue weighted by Gasteiger charge is 2.20. The van der Waals surface area contributed by atoms with Gasteiger partial charge in [0.15, 0.2) is 4.34 Å².